The smallest absolute Gasteiger partial charge is 0.324 e. The number of fused-ring (bicyclic) bond motifs is 3. The average molecular weight is 415 g/mol. The summed E-state index contributed by atoms with van der Waals surface area (Å²) in [5.41, 5.74) is -0.768. The number of nitrogens with zero attached hydrogens (tertiary/aromatic N) is 4. The lowest BCUT2D eigenvalue weighted by Crippen LogP contribution is -2.30. The Morgan fingerprint density at radius 3 is 2.40 bits per heavy atom. The number of carbonyl (C=O) groups is 1. The van der Waals surface area contributed by atoms with Crippen LogP contribution in [-0.2, 0) is 23.9 Å². The highest BCUT2D eigenvalue weighted by atomic mass is 19.4. The van der Waals surface area contributed by atoms with Crippen molar-refractivity contribution in [2.24, 2.45) is 0 Å². The molecule has 4 rings (SSSR count). The number of para-hydroxylation sites is 3. The molecule has 0 unspecified atom stereocenters. The quantitative estimate of drug-likeness (QED) is 0.555. The Labute approximate surface area is 167 Å². The van der Waals surface area contributed by atoms with E-state index >= 15 is 0 Å². The van der Waals surface area contributed by atoms with Gasteiger partial charge in [-0.3, -0.25) is 18.6 Å². The molecule has 2 aromatic heterocycles. The van der Waals surface area contributed by atoms with Crippen molar-refractivity contribution in [3.63, 3.8) is 0 Å². The molecule has 0 atom stereocenters. The Bertz CT molecular complexity index is 1320. The number of hydrogen-bond acceptors (Lipinski definition) is 4. The van der Waals surface area contributed by atoms with Crippen LogP contribution in [0.25, 0.3) is 16.7 Å². The van der Waals surface area contributed by atoms with E-state index in [0.717, 1.165) is 12.1 Å². The van der Waals surface area contributed by atoms with E-state index in [4.69, 9.17) is 0 Å². The van der Waals surface area contributed by atoms with Crippen molar-refractivity contribution in [1.82, 2.24) is 19.2 Å². The second-order valence-electron chi connectivity index (χ2n) is 6.60. The summed E-state index contributed by atoms with van der Waals surface area (Å²) in [5, 5.41) is 10.2. The van der Waals surface area contributed by atoms with Gasteiger partial charge in [0, 0.05) is 6.42 Å². The van der Waals surface area contributed by atoms with Gasteiger partial charge < -0.3 is 5.32 Å². The van der Waals surface area contributed by atoms with Crippen LogP contribution in [0.2, 0.25) is 0 Å². The summed E-state index contributed by atoms with van der Waals surface area (Å²) in [7, 11) is 0. The van der Waals surface area contributed by atoms with E-state index in [2.05, 4.69) is 15.5 Å². The van der Waals surface area contributed by atoms with Crippen LogP contribution >= 0.6 is 0 Å². The number of benzene rings is 2. The fourth-order valence-corrected chi connectivity index (χ4v) is 3.38. The van der Waals surface area contributed by atoms with Crippen LogP contribution in [0.5, 0.6) is 0 Å². The molecule has 1 N–H and O–H groups in total. The minimum atomic E-state index is -4.62. The molecular formula is C20H16F3N5O2. The summed E-state index contributed by atoms with van der Waals surface area (Å²) >= 11 is 0. The first-order chi connectivity index (χ1) is 14.3. The third-order valence-corrected chi connectivity index (χ3v) is 4.70. The van der Waals surface area contributed by atoms with Crippen molar-refractivity contribution in [1.29, 1.82) is 0 Å². The zero-order valence-electron chi connectivity index (χ0n) is 15.8. The van der Waals surface area contributed by atoms with E-state index in [1.54, 1.807) is 28.7 Å². The molecule has 1 amide bonds. The predicted octanol–water partition coefficient (Wildman–Crippen LogP) is 3.26. The molecule has 0 bridgehead atoms. The number of aromatic nitrogens is 4. The van der Waals surface area contributed by atoms with Gasteiger partial charge in [0.2, 0.25) is 11.6 Å². The predicted molar refractivity (Wildman–Crippen MR) is 104 cm³/mol. The number of alkyl halides is 3. The fourth-order valence-electron chi connectivity index (χ4n) is 3.38. The standard InChI is InChI=1S/C20H16F3N5O2/c1-2-16-25-26-18-19(30)27(14-9-5-6-10-15(14)28(16)18)11-17(29)24-13-8-4-3-7-12(13)20(21,22)23/h3-10H,2,11H2,1H3,(H,24,29). The van der Waals surface area contributed by atoms with E-state index < -0.39 is 29.8 Å². The number of aryl methyl sites for hydroxylation is 1. The van der Waals surface area contributed by atoms with Crippen LogP contribution in [0.4, 0.5) is 18.9 Å². The van der Waals surface area contributed by atoms with Gasteiger partial charge in [0.25, 0.3) is 5.56 Å². The SMILES string of the molecule is CCc1nnc2c(=O)n(CC(=O)Nc3ccccc3C(F)(F)F)c3ccccc3n12. The average Bonchev–Trinajstić information content (AvgIpc) is 3.15. The molecule has 2 aromatic carbocycles. The van der Waals surface area contributed by atoms with Gasteiger partial charge >= 0.3 is 6.18 Å². The number of hydrogen-bond donors (Lipinski definition) is 1. The number of carbonyl (C=O) groups excluding carboxylic acids is 1. The van der Waals surface area contributed by atoms with Gasteiger partial charge in [-0.15, -0.1) is 10.2 Å². The van der Waals surface area contributed by atoms with Crippen molar-refractivity contribution < 1.29 is 18.0 Å². The van der Waals surface area contributed by atoms with Crippen molar-refractivity contribution in [2.75, 3.05) is 5.32 Å². The van der Waals surface area contributed by atoms with Crippen LogP contribution in [0, 0.1) is 0 Å². The maximum absolute atomic E-state index is 13.2. The van der Waals surface area contributed by atoms with Crippen LogP contribution in [0.3, 0.4) is 0 Å². The van der Waals surface area contributed by atoms with Crippen LogP contribution < -0.4 is 10.9 Å². The minimum absolute atomic E-state index is 0.0500. The molecule has 154 valence electrons. The Hall–Kier alpha value is -3.69. The van der Waals surface area contributed by atoms with Crippen molar-refractivity contribution in [2.45, 2.75) is 26.1 Å². The Kier molecular flexibility index (Phi) is 4.76. The second kappa shape index (κ2) is 7.29. The normalized spacial score (nSPS) is 11.9. The zero-order chi connectivity index (χ0) is 21.5. The lowest BCUT2D eigenvalue weighted by atomic mass is 10.1. The molecule has 0 spiro atoms. The molecule has 0 saturated carbocycles. The highest BCUT2D eigenvalue weighted by Gasteiger charge is 2.33. The number of amides is 1. The number of halogens is 3. The number of anilines is 1. The monoisotopic (exact) mass is 415 g/mol. The number of rotatable bonds is 4. The summed E-state index contributed by atoms with van der Waals surface area (Å²) in [6.07, 6.45) is -4.08. The van der Waals surface area contributed by atoms with E-state index in [-0.39, 0.29) is 11.3 Å². The third kappa shape index (κ3) is 3.30. The molecular weight excluding hydrogens is 399 g/mol. The summed E-state index contributed by atoms with van der Waals surface area (Å²) in [5.74, 6) is -0.174. The van der Waals surface area contributed by atoms with E-state index in [9.17, 15) is 22.8 Å². The summed E-state index contributed by atoms with van der Waals surface area (Å²) in [4.78, 5) is 25.5. The number of nitrogens with one attached hydrogen (secondary N) is 1. The third-order valence-electron chi connectivity index (χ3n) is 4.70. The van der Waals surface area contributed by atoms with Gasteiger partial charge in [-0.2, -0.15) is 13.2 Å². The van der Waals surface area contributed by atoms with Gasteiger partial charge in [-0.05, 0) is 24.3 Å². The highest BCUT2D eigenvalue weighted by Crippen LogP contribution is 2.34. The molecule has 30 heavy (non-hydrogen) atoms. The van der Waals surface area contributed by atoms with Crippen LogP contribution in [-0.4, -0.2) is 25.1 Å². The lowest BCUT2D eigenvalue weighted by Gasteiger charge is -2.15. The van der Waals surface area contributed by atoms with Crippen molar-refractivity contribution in [3.05, 3.63) is 70.3 Å². The molecule has 0 fully saturated rings. The maximum atomic E-state index is 13.2. The van der Waals surface area contributed by atoms with E-state index in [0.29, 0.717) is 23.3 Å². The van der Waals surface area contributed by atoms with E-state index in [1.165, 1.54) is 16.7 Å². The molecule has 0 saturated heterocycles. The fraction of sp³-hybridized carbons (Fsp3) is 0.200. The largest absolute Gasteiger partial charge is 0.418 e. The summed E-state index contributed by atoms with van der Waals surface area (Å²) < 4.78 is 42.4. The molecule has 7 nitrogen and oxygen atoms in total. The first-order valence-corrected chi connectivity index (χ1v) is 9.13. The molecule has 2 heterocycles. The minimum Gasteiger partial charge on any atom is -0.324 e. The van der Waals surface area contributed by atoms with Gasteiger partial charge in [0.1, 0.15) is 12.4 Å². The van der Waals surface area contributed by atoms with Gasteiger partial charge in [0.05, 0.1) is 22.3 Å². The Morgan fingerprint density at radius 2 is 1.70 bits per heavy atom. The molecule has 0 aliphatic carbocycles. The molecule has 0 aliphatic heterocycles. The lowest BCUT2D eigenvalue weighted by molar-refractivity contribution is -0.137. The Morgan fingerprint density at radius 1 is 1.03 bits per heavy atom. The Balaban J connectivity index is 1.77. The van der Waals surface area contributed by atoms with Gasteiger partial charge in [0.15, 0.2) is 0 Å². The zero-order valence-corrected chi connectivity index (χ0v) is 15.8. The van der Waals surface area contributed by atoms with Crippen LogP contribution in [0.1, 0.15) is 18.3 Å². The second-order valence-corrected chi connectivity index (χ2v) is 6.60. The molecule has 4 aromatic rings. The maximum Gasteiger partial charge on any atom is 0.418 e. The van der Waals surface area contributed by atoms with Crippen LogP contribution in [0.15, 0.2) is 53.3 Å². The highest BCUT2D eigenvalue weighted by molar-refractivity contribution is 5.92. The van der Waals surface area contributed by atoms with Crippen molar-refractivity contribution in [3.8, 4) is 0 Å². The first-order valence-electron chi connectivity index (χ1n) is 9.13. The van der Waals surface area contributed by atoms with E-state index in [1.807, 2.05) is 6.92 Å². The molecule has 10 heteroatoms. The molecule has 0 radical (unpaired) electrons. The van der Waals surface area contributed by atoms with Crippen molar-refractivity contribution >= 4 is 28.3 Å². The summed E-state index contributed by atoms with van der Waals surface area (Å²) in [6.45, 7) is 1.40. The first kappa shape index (κ1) is 19.6. The van der Waals surface area contributed by atoms with Gasteiger partial charge in [-0.1, -0.05) is 31.2 Å². The summed E-state index contributed by atoms with van der Waals surface area (Å²) in [6, 6.07) is 11.6. The topological polar surface area (TPSA) is 81.3 Å². The molecule has 0 aliphatic rings. The van der Waals surface area contributed by atoms with Gasteiger partial charge in [-0.25, -0.2) is 0 Å².